The standard InChI is InChI=1S/C19H25N7/c1-26-17(8-12-2-3-12)16(11-23-26)18-13(9-20)10-22-19(25-18)24-15-6-4-14(21)5-7-15/h10-12,14-15H,2-8,21H2,1H3,(H,22,24,25). The summed E-state index contributed by atoms with van der Waals surface area (Å²) in [6, 6.07) is 2.88. The normalized spacial score (nSPS) is 22.8. The fraction of sp³-hybridized carbons (Fsp3) is 0.579. The van der Waals surface area contributed by atoms with Crippen molar-refractivity contribution in [2.45, 2.75) is 57.0 Å². The first-order valence-corrected chi connectivity index (χ1v) is 9.44. The highest BCUT2D eigenvalue weighted by atomic mass is 15.3. The minimum absolute atomic E-state index is 0.311. The maximum atomic E-state index is 9.52. The molecule has 4 rings (SSSR count). The molecule has 2 heterocycles. The molecule has 2 fully saturated rings. The topological polar surface area (TPSA) is 105 Å². The third-order valence-corrected chi connectivity index (χ3v) is 5.51. The zero-order valence-corrected chi connectivity index (χ0v) is 15.1. The van der Waals surface area contributed by atoms with Gasteiger partial charge in [-0.25, -0.2) is 9.97 Å². The molecule has 0 aliphatic heterocycles. The second kappa shape index (κ2) is 7.04. The average molecular weight is 351 g/mol. The van der Waals surface area contributed by atoms with Crippen molar-refractivity contribution in [1.29, 1.82) is 5.26 Å². The summed E-state index contributed by atoms with van der Waals surface area (Å²) in [5.41, 5.74) is 9.26. The molecule has 7 nitrogen and oxygen atoms in total. The van der Waals surface area contributed by atoms with Gasteiger partial charge in [0.15, 0.2) is 0 Å². The first kappa shape index (κ1) is 17.0. The Morgan fingerprint density at radius 2 is 2.00 bits per heavy atom. The molecule has 26 heavy (non-hydrogen) atoms. The molecular formula is C19H25N7. The SMILES string of the molecule is Cn1ncc(-c2nc(NC3CCC(N)CC3)ncc2C#N)c1CC1CC1. The van der Waals surface area contributed by atoms with E-state index in [1.165, 1.54) is 12.8 Å². The summed E-state index contributed by atoms with van der Waals surface area (Å²) in [7, 11) is 1.96. The highest BCUT2D eigenvalue weighted by Gasteiger charge is 2.26. The van der Waals surface area contributed by atoms with E-state index >= 15 is 0 Å². The molecule has 2 aromatic heterocycles. The third-order valence-electron chi connectivity index (χ3n) is 5.51. The lowest BCUT2D eigenvalue weighted by molar-refractivity contribution is 0.410. The molecule has 3 N–H and O–H groups in total. The second-order valence-corrected chi connectivity index (χ2v) is 7.60. The first-order chi connectivity index (χ1) is 12.6. The number of hydrogen-bond donors (Lipinski definition) is 2. The molecular weight excluding hydrogens is 326 g/mol. The van der Waals surface area contributed by atoms with Crippen LogP contribution in [0.1, 0.15) is 49.8 Å². The minimum atomic E-state index is 0.311. The number of rotatable bonds is 5. The lowest BCUT2D eigenvalue weighted by Gasteiger charge is -2.26. The Bertz CT molecular complexity index is 823. The zero-order valence-electron chi connectivity index (χ0n) is 15.1. The van der Waals surface area contributed by atoms with Crippen molar-refractivity contribution in [3.8, 4) is 17.3 Å². The number of nitrogens with zero attached hydrogens (tertiary/aromatic N) is 5. The van der Waals surface area contributed by atoms with E-state index in [2.05, 4.69) is 21.5 Å². The average Bonchev–Trinajstić information content (AvgIpc) is 3.40. The van der Waals surface area contributed by atoms with Crippen LogP contribution in [-0.4, -0.2) is 31.8 Å². The maximum absolute atomic E-state index is 9.52. The maximum Gasteiger partial charge on any atom is 0.223 e. The summed E-state index contributed by atoms with van der Waals surface area (Å²) in [6.07, 6.45) is 11.1. The molecule has 2 aromatic rings. The van der Waals surface area contributed by atoms with Crippen LogP contribution < -0.4 is 11.1 Å². The predicted octanol–water partition coefficient (Wildman–Crippen LogP) is 2.38. The third kappa shape index (κ3) is 3.56. The monoisotopic (exact) mass is 351 g/mol. The zero-order chi connectivity index (χ0) is 18.1. The lowest BCUT2D eigenvalue weighted by Crippen LogP contribution is -2.33. The highest BCUT2D eigenvalue weighted by molar-refractivity contribution is 5.69. The van der Waals surface area contributed by atoms with Gasteiger partial charge in [0.25, 0.3) is 0 Å². The summed E-state index contributed by atoms with van der Waals surface area (Å²) >= 11 is 0. The first-order valence-electron chi connectivity index (χ1n) is 9.44. The van der Waals surface area contributed by atoms with Crippen LogP contribution in [0.3, 0.4) is 0 Å². The van der Waals surface area contributed by atoms with Gasteiger partial charge in [-0.2, -0.15) is 10.4 Å². The molecule has 2 aliphatic rings. The van der Waals surface area contributed by atoms with E-state index < -0.39 is 0 Å². The van der Waals surface area contributed by atoms with Gasteiger partial charge < -0.3 is 11.1 Å². The summed E-state index contributed by atoms with van der Waals surface area (Å²) in [4.78, 5) is 9.05. The summed E-state index contributed by atoms with van der Waals surface area (Å²) in [5, 5.41) is 17.4. The Morgan fingerprint density at radius 3 is 2.69 bits per heavy atom. The van der Waals surface area contributed by atoms with E-state index in [9.17, 15) is 5.26 Å². The van der Waals surface area contributed by atoms with Gasteiger partial charge >= 0.3 is 0 Å². The van der Waals surface area contributed by atoms with E-state index in [1.807, 2.05) is 17.9 Å². The molecule has 0 aromatic carbocycles. The molecule has 0 unspecified atom stereocenters. The van der Waals surface area contributed by atoms with E-state index in [-0.39, 0.29) is 0 Å². The van der Waals surface area contributed by atoms with E-state index in [4.69, 9.17) is 10.7 Å². The predicted molar refractivity (Wildman–Crippen MR) is 99.2 cm³/mol. The molecule has 0 saturated heterocycles. The summed E-state index contributed by atoms with van der Waals surface area (Å²) in [5.74, 6) is 1.32. The van der Waals surface area contributed by atoms with Gasteiger partial charge in [-0.1, -0.05) is 0 Å². The van der Waals surface area contributed by atoms with Crippen molar-refractivity contribution < 1.29 is 0 Å². The van der Waals surface area contributed by atoms with Gasteiger partial charge in [0.1, 0.15) is 6.07 Å². The van der Waals surface area contributed by atoms with Gasteiger partial charge in [0.05, 0.1) is 23.7 Å². The van der Waals surface area contributed by atoms with Crippen molar-refractivity contribution in [3.05, 3.63) is 23.7 Å². The summed E-state index contributed by atoms with van der Waals surface area (Å²) in [6.45, 7) is 0. The molecule has 0 atom stereocenters. The number of hydrogen-bond acceptors (Lipinski definition) is 6. The Labute approximate surface area is 153 Å². The van der Waals surface area contributed by atoms with Crippen LogP contribution >= 0.6 is 0 Å². The van der Waals surface area contributed by atoms with Crippen LogP contribution in [0.4, 0.5) is 5.95 Å². The molecule has 2 aliphatic carbocycles. The molecule has 2 saturated carbocycles. The van der Waals surface area contributed by atoms with Crippen LogP contribution in [0.5, 0.6) is 0 Å². The molecule has 136 valence electrons. The Balaban J connectivity index is 1.62. The number of nitrogens with one attached hydrogen (secondary N) is 1. The van der Waals surface area contributed by atoms with E-state index in [0.29, 0.717) is 29.3 Å². The van der Waals surface area contributed by atoms with Gasteiger partial charge in [0, 0.05) is 30.4 Å². The quantitative estimate of drug-likeness (QED) is 0.857. The smallest absolute Gasteiger partial charge is 0.223 e. The largest absolute Gasteiger partial charge is 0.351 e. The number of nitrogens with two attached hydrogens (primary N) is 1. The summed E-state index contributed by atoms with van der Waals surface area (Å²) < 4.78 is 1.91. The van der Waals surface area contributed by atoms with Crippen LogP contribution in [-0.2, 0) is 13.5 Å². The number of aromatic nitrogens is 4. The van der Waals surface area contributed by atoms with Crippen molar-refractivity contribution >= 4 is 5.95 Å². The molecule has 0 spiro atoms. The number of anilines is 1. The van der Waals surface area contributed by atoms with E-state index in [1.54, 1.807) is 6.20 Å². The second-order valence-electron chi connectivity index (χ2n) is 7.60. The highest BCUT2D eigenvalue weighted by Crippen LogP contribution is 2.36. The van der Waals surface area contributed by atoms with Crippen molar-refractivity contribution in [3.63, 3.8) is 0 Å². The lowest BCUT2D eigenvalue weighted by atomic mass is 9.92. The van der Waals surface area contributed by atoms with Crippen molar-refractivity contribution in [2.24, 2.45) is 18.7 Å². The van der Waals surface area contributed by atoms with Gasteiger partial charge in [-0.15, -0.1) is 0 Å². The van der Waals surface area contributed by atoms with Crippen LogP contribution in [0.15, 0.2) is 12.4 Å². The number of aryl methyl sites for hydroxylation is 1. The molecule has 0 amide bonds. The van der Waals surface area contributed by atoms with Gasteiger partial charge in [-0.3, -0.25) is 4.68 Å². The van der Waals surface area contributed by atoms with Gasteiger partial charge in [0.2, 0.25) is 5.95 Å². The molecule has 7 heteroatoms. The van der Waals surface area contributed by atoms with Crippen molar-refractivity contribution in [1.82, 2.24) is 19.7 Å². The molecule has 0 radical (unpaired) electrons. The fourth-order valence-corrected chi connectivity index (χ4v) is 3.68. The minimum Gasteiger partial charge on any atom is -0.351 e. The Hall–Kier alpha value is -2.46. The van der Waals surface area contributed by atoms with Crippen LogP contribution in [0.25, 0.3) is 11.3 Å². The van der Waals surface area contributed by atoms with Gasteiger partial charge in [-0.05, 0) is 50.9 Å². The van der Waals surface area contributed by atoms with Crippen LogP contribution in [0.2, 0.25) is 0 Å². The number of nitriles is 1. The molecule has 0 bridgehead atoms. The fourth-order valence-electron chi connectivity index (χ4n) is 3.68. The Morgan fingerprint density at radius 1 is 1.23 bits per heavy atom. The Kier molecular flexibility index (Phi) is 4.60. The van der Waals surface area contributed by atoms with Crippen LogP contribution in [0, 0.1) is 17.2 Å². The van der Waals surface area contributed by atoms with E-state index in [0.717, 1.165) is 49.3 Å². The van der Waals surface area contributed by atoms with Crippen molar-refractivity contribution in [2.75, 3.05) is 5.32 Å².